The Morgan fingerprint density at radius 1 is 1.15 bits per heavy atom. The molecule has 176 valence electrons. The lowest BCUT2D eigenvalue weighted by Gasteiger charge is -2.42. The summed E-state index contributed by atoms with van der Waals surface area (Å²) in [5.74, 6) is 0. The number of halogens is 1. The topological polar surface area (TPSA) is 68.6 Å². The SMILES string of the molecule is C=O.CC.CCOCC1CN(Cc2ccc(C#N)cc2)CC2=CC(c3ccc(Cl)cc3)NN21. The fourth-order valence-electron chi connectivity index (χ4n) is 3.97. The van der Waals surface area contributed by atoms with Crippen LogP contribution < -0.4 is 5.43 Å². The first-order chi connectivity index (χ1) is 16.2. The van der Waals surface area contributed by atoms with Crippen LogP contribution in [0.25, 0.3) is 0 Å². The van der Waals surface area contributed by atoms with Gasteiger partial charge in [0.2, 0.25) is 0 Å². The molecule has 0 amide bonds. The predicted octanol–water partition coefficient (Wildman–Crippen LogP) is 4.72. The summed E-state index contributed by atoms with van der Waals surface area (Å²) in [6.07, 6.45) is 2.30. The van der Waals surface area contributed by atoms with E-state index in [0.29, 0.717) is 18.8 Å². The Morgan fingerprint density at radius 3 is 2.42 bits per heavy atom. The molecule has 1 fully saturated rings. The maximum Gasteiger partial charge on any atom is 0.106 e. The van der Waals surface area contributed by atoms with Crippen LogP contribution in [0.2, 0.25) is 5.02 Å². The van der Waals surface area contributed by atoms with Crippen molar-refractivity contribution < 1.29 is 9.53 Å². The van der Waals surface area contributed by atoms with Crippen molar-refractivity contribution in [3.8, 4) is 6.07 Å². The number of carbonyl (C=O) groups is 1. The van der Waals surface area contributed by atoms with Crippen LogP contribution in [0, 0.1) is 11.3 Å². The average molecular weight is 469 g/mol. The molecule has 2 heterocycles. The molecule has 0 aromatic heterocycles. The van der Waals surface area contributed by atoms with E-state index in [1.165, 1.54) is 16.8 Å². The van der Waals surface area contributed by atoms with E-state index in [2.05, 4.69) is 39.6 Å². The molecular formula is C26H33ClN4O2. The predicted molar refractivity (Wildman–Crippen MR) is 132 cm³/mol. The summed E-state index contributed by atoms with van der Waals surface area (Å²) in [5, 5.41) is 12.0. The highest BCUT2D eigenvalue weighted by Crippen LogP contribution is 2.30. The van der Waals surface area contributed by atoms with Gasteiger partial charge in [0.1, 0.15) is 6.79 Å². The molecule has 6 nitrogen and oxygen atoms in total. The largest absolute Gasteiger partial charge is 0.379 e. The maximum absolute atomic E-state index is 9.00. The number of fused-ring (bicyclic) bond motifs is 1. The number of carbonyl (C=O) groups excluding carboxylic acids is 1. The summed E-state index contributed by atoms with van der Waals surface area (Å²) in [4.78, 5) is 10.4. The number of hydrogen-bond acceptors (Lipinski definition) is 6. The molecule has 0 radical (unpaired) electrons. The van der Waals surface area contributed by atoms with Gasteiger partial charge in [0.05, 0.1) is 30.3 Å². The molecule has 4 rings (SSSR count). The fourth-order valence-corrected chi connectivity index (χ4v) is 4.10. The van der Waals surface area contributed by atoms with Gasteiger partial charge < -0.3 is 14.5 Å². The van der Waals surface area contributed by atoms with Crippen LogP contribution in [0.5, 0.6) is 0 Å². The standard InChI is InChI=1S/C23H25ClN4O.C2H6.CH2O/c1-2-29-16-22-15-27(13-18-5-3-17(12-25)4-6-18)14-21-11-23(26-28(21)22)19-7-9-20(24)10-8-19;2*1-2/h3-11,22-23,26H,2,13-16H2,1H3;1-2H3;1H2. The van der Waals surface area contributed by atoms with E-state index in [1.807, 2.05) is 64.0 Å². The fraction of sp³-hybridized carbons (Fsp3) is 0.385. The summed E-state index contributed by atoms with van der Waals surface area (Å²) in [7, 11) is 0. The van der Waals surface area contributed by atoms with Crippen LogP contribution in [0.1, 0.15) is 43.5 Å². The first-order valence-corrected chi connectivity index (χ1v) is 11.6. The van der Waals surface area contributed by atoms with Crippen LogP contribution in [-0.2, 0) is 16.1 Å². The molecule has 2 unspecified atom stereocenters. The minimum Gasteiger partial charge on any atom is -0.379 e. The number of rotatable bonds is 6. The van der Waals surface area contributed by atoms with Crippen molar-refractivity contribution in [2.24, 2.45) is 0 Å². The molecule has 0 saturated carbocycles. The second-order valence-corrected chi connectivity index (χ2v) is 7.91. The Bertz CT molecular complexity index is 925. The first kappa shape index (κ1) is 26.6. The average Bonchev–Trinajstić information content (AvgIpc) is 3.30. The van der Waals surface area contributed by atoms with Crippen molar-refractivity contribution in [3.05, 3.63) is 82.0 Å². The third kappa shape index (κ3) is 7.15. The van der Waals surface area contributed by atoms with Crippen LogP contribution in [0.4, 0.5) is 0 Å². The van der Waals surface area contributed by atoms with E-state index in [1.54, 1.807) is 0 Å². The second-order valence-electron chi connectivity index (χ2n) is 7.48. The molecule has 2 aromatic carbocycles. The number of hydrazine groups is 1. The van der Waals surface area contributed by atoms with Gasteiger partial charge >= 0.3 is 0 Å². The van der Waals surface area contributed by atoms with Crippen molar-refractivity contribution in [2.75, 3.05) is 26.3 Å². The lowest BCUT2D eigenvalue weighted by molar-refractivity contribution is -0.0979. The number of ether oxygens (including phenoxy) is 1. The Labute approximate surface area is 202 Å². The zero-order valence-corrected chi connectivity index (χ0v) is 20.4. The van der Waals surface area contributed by atoms with E-state index >= 15 is 0 Å². The Balaban J connectivity index is 0.000000914. The number of piperazine rings is 1. The highest BCUT2D eigenvalue weighted by molar-refractivity contribution is 6.30. The molecule has 0 aliphatic carbocycles. The molecule has 0 spiro atoms. The minimum absolute atomic E-state index is 0.140. The number of nitrogens with zero attached hydrogens (tertiary/aromatic N) is 3. The Morgan fingerprint density at radius 2 is 1.82 bits per heavy atom. The van der Waals surface area contributed by atoms with Crippen LogP contribution >= 0.6 is 11.6 Å². The highest BCUT2D eigenvalue weighted by atomic mass is 35.5. The summed E-state index contributed by atoms with van der Waals surface area (Å²) in [6, 6.07) is 18.4. The van der Waals surface area contributed by atoms with E-state index in [4.69, 9.17) is 26.4 Å². The van der Waals surface area contributed by atoms with Crippen molar-refractivity contribution in [1.29, 1.82) is 5.26 Å². The quantitative estimate of drug-likeness (QED) is 0.661. The van der Waals surface area contributed by atoms with Crippen molar-refractivity contribution in [1.82, 2.24) is 15.3 Å². The van der Waals surface area contributed by atoms with Gasteiger partial charge in [-0.3, -0.25) is 4.90 Å². The molecule has 0 bridgehead atoms. The van der Waals surface area contributed by atoms with Crippen LogP contribution in [-0.4, -0.2) is 49.0 Å². The van der Waals surface area contributed by atoms with E-state index in [9.17, 15) is 0 Å². The molecule has 33 heavy (non-hydrogen) atoms. The molecule has 2 aliphatic heterocycles. The van der Waals surface area contributed by atoms with Gasteiger partial charge in [0.15, 0.2) is 0 Å². The summed E-state index contributed by atoms with van der Waals surface area (Å²) >= 11 is 6.05. The Hall–Kier alpha value is -2.69. The summed E-state index contributed by atoms with van der Waals surface area (Å²) in [5.41, 5.74) is 8.03. The van der Waals surface area contributed by atoms with Gasteiger partial charge in [-0.1, -0.05) is 49.7 Å². The smallest absolute Gasteiger partial charge is 0.106 e. The van der Waals surface area contributed by atoms with Crippen molar-refractivity contribution in [2.45, 2.75) is 39.4 Å². The van der Waals surface area contributed by atoms with Gasteiger partial charge in [-0.05, 0) is 48.4 Å². The Kier molecular flexibility index (Phi) is 11.1. The monoisotopic (exact) mass is 468 g/mol. The van der Waals surface area contributed by atoms with Gasteiger partial charge in [0, 0.05) is 37.0 Å². The van der Waals surface area contributed by atoms with Crippen molar-refractivity contribution >= 4 is 18.4 Å². The van der Waals surface area contributed by atoms with Crippen LogP contribution in [0.3, 0.4) is 0 Å². The van der Waals surface area contributed by atoms with Gasteiger partial charge in [-0.15, -0.1) is 0 Å². The first-order valence-electron chi connectivity index (χ1n) is 11.3. The molecule has 2 aromatic rings. The molecule has 7 heteroatoms. The summed E-state index contributed by atoms with van der Waals surface area (Å²) < 4.78 is 5.78. The number of benzene rings is 2. The van der Waals surface area contributed by atoms with E-state index in [0.717, 1.165) is 24.7 Å². The number of hydrogen-bond donors (Lipinski definition) is 1. The lowest BCUT2D eigenvalue weighted by atomic mass is 10.1. The normalized spacial score (nSPS) is 19.2. The molecule has 1 N–H and O–H groups in total. The maximum atomic E-state index is 9.00. The number of nitriles is 1. The second kappa shape index (κ2) is 13.8. The van der Waals surface area contributed by atoms with Crippen LogP contribution in [0.15, 0.2) is 60.3 Å². The van der Waals surface area contributed by atoms with Gasteiger partial charge in [-0.25, -0.2) is 5.43 Å². The molecule has 2 atom stereocenters. The third-order valence-corrected chi connectivity index (χ3v) is 5.65. The molecule has 1 saturated heterocycles. The summed E-state index contributed by atoms with van der Waals surface area (Å²) in [6.45, 7) is 12.1. The highest BCUT2D eigenvalue weighted by Gasteiger charge is 2.35. The van der Waals surface area contributed by atoms with E-state index in [-0.39, 0.29) is 12.1 Å². The zero-order valence-electron chi connectivity index (χ0n) is 19.6. The third-order valence-electron chi connectivity index (χ3n) is 5.40. The minimum atomic E-state index is 0.140. The zero-order chi connectivity index (χ0) is 24.2. The van der Waals surface area contributed by atoms with E-state index < -0.39 is 0 Å². The molecule has 2 aliphatic rings. The van der Waals surface area contributed by atoms with Gasteiger partial charge in [-0.2, -0.15) is 5.26 Å². The van der Waals surface area contributed by atoms with Gasteiger partial charge in [0.25, 0.3) is 0 Å². The van der Waals surface area contributed by atoms with Crippen molar-refractivity contribution in [3.63, 3.8) is 0 Å². The molecular weight excluding hydrogens is 436 g/mol. The number of nitrogens with one attached hydrogen (secondary N) is 1. The lowest BCUT2D eigenvalue weighted by Crippen LogP contribution is -2.55.